The third-order valence-electron chi connectivity index (χ3n) is 2.94. The number of amides is 2. The lowest BCUT2D eigenvalue weighted by Crippen LogP contribution is -2.36. The third-order valence-corrected chi connectivity index (χ3v) is 2.94. The zero-order valence-electron chi connectivity index (χ0n) is 11.1. The van der Waals surface area contributed by atoms with Crippen LogP contribution in [0.25, 0.3) is 0 Å². The Kier molecular flexibility index (Phi) is 4.22. The Morgan fingerprint density at radius 1 is 1.30 bits per heavy atom. The molecule has 0 aliphatic carbocycles. The van der Waals surface area contributed by atoms with Crippen LogP contribution >= 0.6 is 0 Å². The number of nitrogens with one attached hydrogen (secondary N) is 2. The second-order valence-corrected chi connectivity index (χ2v) is 4.79. The molecule has 1 fully saturated rings. The summed E-state index contributed by atoms with van der Waals surface area (Å²) in [6, 6.07) is 0. The van der Waals surface area contributed by atoms with Crippen LogP contribution in [0.15, 0.2) is 0 Å². The van der Waals surface area contributed by atoms with Crippen molar-refractivity contribution in [2.24, 2.45) is 5.92 Å². The van der Waals surface area contributed by atoms with Crippen LogP contribution in [0.5, 0.6) is 0 Å². The van der Waals surface area contributed by atoms with Gasteiger partial charge < -0.3 is 4.90 Å². The molecule has 0 radical (unpaired) electrons. The van der Waals surface area contributed by atoms with Gasteiger partial charge in [-0.2, -0.15) is 31.3 Å². The number of hydrogen-bond acceptors (Lipinski definition) is 4. The van der Waals surface area contributed by atoms with E-state index < -0.39 is 61.4 Å². The van der Waals surface area contributed by atoms with Gasteiger partial charge in [-0.15, -0.1) is 5.10 Å². The Hall–Kier alpha value is -2.34. The van der Waals surface area contributed by atoms with Gasteiger partial charge in [-0.3, -0.25) is 20.0 Å². The lowest BCUT2D eigenvalue weighted by molar-refractivity contribution is -0.157. The van der Waals surface area contributed by atoms with Crippen LogP contribution < -0.4 is 5.32 Å². The molecule has 1 unspecified atom stereocenters. The van der Waals surface area contributed by atoms with E-state index in [1.165, 1.54) is 0 Å². The van der Waals surface area contributed by atoms with Crippen molar-refractivity contribution in [3.63, 3.8) is 0 Å². The zero-order valence-corrected chi connectivity index (χ0v) is 11.1. The van der Waals surface area contributed by atoms with Crippen molar-refractivity contribution >= 4 is 17.8 Å². The van der Waals surface area contributed by atoms with E-state index in [0.29, 0.717) is 4.90 Å². The minimum absolute atomic E-state index is 0.462. The van der Waals surface area contributed by atoms with E-state index in [1.807, 2.05) is 5.32 Å². The van der Waals surface area contributed by atoms with Gasteiger partial charge in [0.1, 0.15) is 6.54 Å². The predicted molar refractivity (Wildman–Crippen MR) is 60.8 cm³/mol. The Labute approximate surface area is 124 Å². The number of aromatic nitrogens is 3. The Balaban J connectivity index is 1.97. The highest BCUT2D eigenvalue weighted by Crippen LogP contribution is 2.27. The van der Waals surface area contributed by atoms with Crippen molar-refractivity contribution < 1.29 is 35.9 Å². The van der Waals surface area contributed by atoms with Gasteiger partial charge in [0.15, 0.2) is 0 Å². The molecule has 1 aromatic rings. The van der Waals surface area contributed by atoms with Gasteiger partial charge in [0.2, 0.25) is 23.6 Å². The van der Waals surface area contributed by atoms with Crippen LogP contribution in [0.2, 0.25) is 0 Å². The molecule has 0 spiro atoms. The number of hydrogen-bond donors (Lipinski definition) is 2. The van der Waals surface area contributed by atoms with Gasteiger partial charge in [0.25, 0.3) is 0 Å². The Morgan fingerprint density at radius 3 is 2.48 bits per heavy atom. The predicted octanol–water partition coefficient (Wildman–Crippen LogP) is 1.17. The van der Waals surface area contributed by atoms with Gasteiger partial charge in [-0.25, -0.2) is 0 Å². The van der Waals surface area contributed by atoms with Crippen LogP contribution in [-0.2, 0) is 15.8 Å². The summed E-state index contributed by atoms with van der Waals surface area (Å²) in [5.41, 5.74) is 0. The van der Waals surface area contributed by atoms with E-state index in [-0.39, 0.29) is 0 Å². The maximum Gasteiger partial charge on any atom is 0.451 e. The second kappa shape index (κ2) is 5.70. The van der Waals surface area contributed by atoms with Crippen molar-refractivity contribution in [2.45, 2.75) is 18.8 Å². The topological polar surface area (TPSA) is 91.0 Å². The molecule has 2 amide bonds. The van der Waals surface area contributed by atoms with E-state index in [2.05, 4.69) is 10.1 Å². The normalized spacial score (nSPS) is 19.3. The summed E-state index contributed by atoms with van der Waals surface area (Å²) in [4.78, 5) is 26.6. The first-order valence-electron chi connectivity index (χ1n) is 6.10. The molecule has 0 bridgehead atoms. The van der Waals surface area contributed by atoms with Gasteiger partial charge in [0.05, 0.1) is 5.92 Å². The first kappa shape index (κ1) is 17.0. The summed E-state index contributed by atoms with van der Waals surface area (Å²) in [6.07, 6.45) is -9.87. The maximum atomic E-state index is 12.3. The molecule has 1 saturated heterocycles. The summed E-state index contributed by atoms with van der Waals surface area (Å²) < 4.78 is 73.6. The van der Waals surface area contributed by atoms with Crippen LogP contribution in [0, 0.1) is 5.92 Å². The van der Waals surface area contributed by atoms with E-state index in [9.17, 15) is 35.9 Å². The Bertz CT molecular complexity index is 610. The first-order valence-corrected chi connectivity index (χ1v) is 6.10. The number of carbonyl (C=O) groups is 2. The fraction of sp³-hybridized carbons (Fsp3) is 0.600. The van der Waals surface area contributed by atoms with Crippen molar-refractivity contribution in [1.29, 1.82) is 0 Å². The SMILES string of the molecule is O=C(Nc1n[nH]c(C(F)(F)F)n1)C1CC(=O)N(CC(F)(F)F)C1. The quantitative estimate of drug-likeness (QED) is 0.805. The number of rotatable bonds is 3. The van der Waals surface area contributed by atoms with Gasteiger partial charge in [0, 0.05) is 13.0 Å². The Morgan fingerprint density at radius 2 is 1.96 bits per heavy atom. The standard InChI is InChI=1S/C10H9F6N5O2/c11-9(12,13)3-21-2-4(1-5(21)22)6(23)17-8-18-7(19-20-8)10(14,15)16/h4H,1-3H2,(H2,17,18,19,20,23). The van der Waals surface area contributed by atoms with E-state index in [0.717, 1.165) is 0 Å². The second-order valence-electron chi connectivity index (χ2n) is 4.79. The van der Waals surface area contributed by atoms with E-state index >= 15 is 0 Å². The van der Waals surface area contributed by atoms with Crippen LogP contribution in [-0.4, -0.2) is 51.2 Å². The average molecular weight is 345 g/mol. The molecular formula is C10H9F6N5O2. The van der Waals surface area contributed by atoms with Gasteiger partial charge >= 0.3 is 12.4 Å². The fourth-order valence-corrected chi connectivity index (χ4v) is 1.97. The molecule has 128 valence electrons. The summed E-state index contributed by atoms with van der Waals surface area (Å²) in [5, 5.41) is 6.62. The molecule has 0 aromatic carbocycles. The molecule has 1 aliphatic rings. The van der Waals surface area contributed by atoms with Gasteiger partial charge in [-0.05, 0) is 0 Å². The number of likely N-dealkylation sites (tertiary alicyclic amines) is 1. The summed E-state index contributed by atoms with van der Waals surface area (Å²) >= 11 is 0. The molecule has 2 rings (SSSR count). The molecule has 1 atom stereocenters. The lowest BCUT2D eigenvalue weighted by atomic mass is 10.1. The molecule has 1 aromatic heterocycles. The van der Waals surface area contributed by atoms with Crippen molar-refractivity contribution in [3.8, 4) is 0 Å². The van der Waals surface area contributed by atoms with Crippen molar-refractivity contribution in [2.75, 3.05) is 18.4 Å². The first-order chi connectivity index (χ1) is 10.5. The summed E-state index contributed by atoms with van der Waals surface area (Å²) in [7, 11) is 0. The molecule has 1 aliphatic heterocycles. The molecule has 0 saturated carbocycles. The smallest absolute Gasteiger partial charge is 0.333 e. The van der Waals surface area contributed by atoms with E-state index in [4.69, 9.17) is 0 Å². The number of carbonyl (C=O) groups excluding carboxylic acids is 2. The fourth-order valence-electron chi connectivity index (χ4n) is 1.97. The molecular weight excluding hydrogens is 336 g/mol. The van der Waals surface area contributed by atoms with E-state index in [1.54, 1.807) is 5.10 Å². The number of nitrogens with zero attached hydrogens (tertiary/aromatic N) is 3. The average Bonchev–Trinajstić information content (AvgIpc) is 2.95. The highest BCUT2D eigenvalue weighted by molar-refractivity contribution is 5.96. The number of halogens is 6. The molecule has 2 N–H and O–H groups in total. The minimum Gasteiger partial charge on any atom is -0.333 e. The third kappa shape index (κ3) is 4.32. The molecule has 13 heteroatoms. The van der Waals surface area contributed by atoms with Crippen molar-refractivity contribution in [1.82, 2.24) is 20.1 Å². The van der Waals surface area contributed by atoms with Crippen LogP contribution in [0.1, 0.15) is 12.2 Å². The molecule has 2 heterocycles. The lowest BCUT2D eigenvalue weighted by Gasteiger charge is -2.18. The highest BCUT2D eigenvalue weighted by Gasteiger charge is 2.41. The highest BCUT2D eigenvalue weighted by atomic mass is 19.4. The molecule has 7 nitrogen and oxygen atoms in total. The van der Waals surface area contributed by atoms with Crippen LogP contribution in [0.4, 0.5) is 32.3 Å². The summed E-state index contributed by atoms with van der Waals surface area (Å²) in [6.45, 7) is -1.98. The number of aromatic amines is 1. The maximum absolute atomic E-state index is 12.3. The molecule has 23 heavy (non-hydrogen) atoms. The van der Waals surface area contributed by atoms with Crippen LogP contribution in [0.3, 0.4) is 0 Å². The number of alkyl halides is 6. The van der Waals surface area contributed by atoms with Crippen molar-refractivity contribution in [3.05, 3.63) is 5.82 Å². The van der Waals surface area contributed by atoms with Gasteiger partial charge in [-0.1, -0.05) is 0 Å². The number of anilines is 1. The number of H-pyrrole nitrogens is 1. The monoisotopic (exact) mass is 345 g/mol. The largest absolute Gasteiger partial charge is 0.451 e. The zero-order chi connectivity index (χ0) is 17.4. The summed E-state index contributed by atoms with van der Waals surface area (Å²) in [5.74, 6) is -5.04. The minimum atomic E-state index is -4.79.